The van der Waals surface area contributed by atoms with Gasteiger partial charge in [-0.3, -0.25) is 9.55 Å². The summed E-state index contributed by atoms with van der Waals surface area (Å²) in [5.74, 6) is 1.61. The molecule has 0 amide bonds. The first kappa shape index (κ1) is 24.6. The van der Waals surface area contributed by atoms with Crippen LogP contribution in [0.25, 0.3) is 16.8 Å². The van der Waals surface area contributed by atoms with Crippen LogP contribution in [0.5, 0.6) is 0 Å². The fraction of sp³-hybridized carbons (Fsp3) is 0.269. The molecule has 0 saturated carbocycles. The molecule has 4 rings (SSSR count). The largest absolute Gasteiger partial charge is 0.478 e. The fourth-order valence-electron chi connectivity index (χ4n) is 3.42. The summed E-state index contributed by atoms with van der Waals surface area (Å²) in [7, 11) is 0. The molecular weight excluding hydrogens is 428 g/mol. The van der Waals surface area contributed by atoms with Crippen molar-refractivity contribution in [1.82, 2.24) is 24.7 Å². The minimum Gasteiger partial charge on any atom is -0.478 e. The van der Waals surface area contributed by atoms with E-state index in [1.54, 1.807) is 30.7 Å². The SMILES string of the molecule is CCNc1cnccn1.Cc1ccc(-c2cc(C(=O)O)cc(-n3c(C)nnc3C(C)C)c2)cc1. The molecule has 2 heterocycles. The van der Waals surface area contributed by atoms with Gasteiger partial charge in [0.15, 0.2) is 0 Å². The molecule has 0 unspecified atom stereocenters. The van der Waals surface area contributed by atoms with Crippen LogP contribution in [0, 0.1) is 13.8 Å². The molecule has 0 radical (unpaired) electrons. The predicted octanol–water partition coefficient (Wildman–Crippen LogP) is 5.28. The average Bonchev–Trinajstić information content (AvgIpc) is 3.22. The van der Waals surface area contributed by atoms with E-state index in [-0.39, 0.29) is 11.5 Å². The van der Waals surface area contributed by atoms with Crippen LogP contribution in [0.4, 0.5) is 5.82 Å². The minimum absolute atomic E-state index is 0.178. The van der Waals surface area contributed by atoms with Crippen molar-refractivity contribution in [3.8, 4) is 16.8 Å². The van der Waals surface area contributed by atoms with Crippen LogP contribution >= 0.6 is 0 Å². The molecule has 0 aliphatic heterocycles. The van der Waals surface area contributed by atoms with Gasteiger partial charge in [-0.25, -0.2) is 9.78 Å². The molecule has 2 aromatic heterocycles. The van der Waals surface area contributed by atoms with Crippen LogP contribution in [0.3, 0.4) is 0 Å². The lowest BCUT2D eigenvalue weighted by molar-refractivity contribution is 0.0697. The molecule has 2 N–H and O–H groups in total. The standard InChI is InChI=1S/C20H21N3O2.C6H9N3/c1-12(2)19-22-21-14(4)23(19)18-10-16(9-17(11-18)20(24)25)15-7-5-13(3)6-8-15;1-2-8-6-5-7-3-4-9-6/h5-12H,1-4H3,(H,24,25);3-5H,2H2,1H3,(H,8,9). The smallest absolute Gasteiger partial charge is 0.335 e. The highest BCUT2D eigenvalue weighted by molar-refractivity contribution is 5.90. The van der Waals surface area contributed by atoms with E-state index in [4.69, 9.17) is 0 Å². The van der Waals surface area contributed by atoms with Crippen molar-refractivity contribution < 1.29 is 9.90 Å². The summed E-state index contributed by atoms with van der Waals surface area (Å²) in [5.41, 5.74) is 4.01. The number of aromatic carboxylic acids is 1. The van der Waals surface area contributed by atoms with Crippen molar-refractivity contribution in [1.29, 1.82) is 0 Å². The number of aryl methyl sites for hydroxylation is 2. The summed E-state index contributed by atoms with van der Waals surface area (Å²) < 4.78 is 1.93. The van der Waals surface area contributed by atoms with Crippen molar-refractivity contribution in [3.63, 3.8) is 0 Å². The molecule has 0 aliphatic carbocycles. The molecule has 176 valence electrons. The normalized spacial score (nSPS) is 10.5. The second-order valence-corrected chi connectivity index (χ2v) is 8.16. The van der Waals surface area contributed by atoms with Gasteiger partial charge in [-0.2, -0.15) is 0 Å². The van der Waals surface area contributed by atoms with E-state index < -0.39 is 5.97 Å². The van der Waals surface area contributed by atoms with Gasteiger partial charge in [0, 0.05) is 24.9 Å². The molecule has 2 aromatic carbocycles. The highest BCUT2D eigenvalue weighted by atomic mass is 16.4. The minimum atomic E-state index is -0.952. The summed E-state index contributed by atoms with van der Waals surface area (Å²) in [6.45, 7) is 10.9. The predicted molar refractivity (Wildman–Crippen MR) is 134 cm³/mol. The molecule has 4 aromatic rings. The van der Waals surface area contributed by atoms with Crippen molar-refractivity contribution in [2.75, 3.05) is 11.9 Å². The third kappa shape index (κ3) is 6.04. The Balaban J connectivity index is 0.000000302. The Kier molecular flexibility index (Phi) is 8.08. The highest BCUT2D eigenvalue weighted by Crippen LogP contribution is 2.27. The van der Waals surface area contributed by atoms with E-state index in [0.717, 1.165) is 46.4 Å². The van der Waals surface area contributed by atoms with Crippen molar-refractivity contribution >= 4 is 11.8 Å². The van der Waals surface area contributed by atoms with E-state index in [1.165, 1.54) is 0 Å². The Morgan fingerprint density at radius 1 is 1.03 bits per heavy atom. The Bertz CT molecular complexity index is 1230. The summed E-state index contributed by atoms with van der Waals surface area (Å²) in [6, 6.07) is 13.4. The lowest BCUT2D eigenvalue weighted by Gasteiger charge is -2.14. The Hall–Kier alpha value is -4.07. The van der Waals surface area contributed by atoms with E-state index >= 15 is 0 Å². The molecule has 0 fully saturated rings. The fourth-order valence-corrected chi connectivity index (χ4v) is 3.42. The second-order valence-electron chi connectivity index (χ2n) is 8.16. The van der Waals surface area contributed by atoms with Crippen LogP contribution in [0.2, 0.25) is 0 Å². The van der Waals surface area contributed by atoms with E-state index in [1.807, 2.05) is 69.5 Å². The lowest BCUT2D eigenvalue weighted by Crippen LogP contribution is -2.07. The number of hydrogen-bond donors (Lipinski definition) is 2. The van der Waals surface area contributed by atoms with Crippen LogP contribution < -0.4 is 5.32 Å². The molecule has 0 spiro atoms. The lowest BCUT2D eigenvalue weighted by atomic mass is 10.0. The number of rotatable bonds is 6. The van der Waals surface area contributed by atoms with E-state index in [2.05, 4.69) is 25.5 Å². The van der Waals surface area contributed by atoms with Crippen LogP contribution in [-0.4, -0.2) is 42.4 Å². The average molecular weight is 459 g/mol. The van der Waals surface area contributed by atoms with Gasteiger partial charge in [0.1, 0.15) is 17.5 Å². The van der Waals surface area contributed by atoms with Crippen LogP contribution in [0.1, 0.15) is 54.3 Å². The molecule has 8 nitrogen and oxygen atoms in total. The molecule has 0 saturated heterocycles. The maximum atomic E-state index is 11.6. The number of carbonyl (C=O) groups is 1. The third-order valence-corrected chi connectivity index (χ3v) is 5.10. The Labute approximate surface area is 199 Å². The number of benzene rings is 2. The summed E-state index contributed by atoms with van der Waals surface area (Å²) in [4.78, 5) is 19.5. The van der Waals surface area contributed by atoms with Crippen molar-refractivity contribution in [2.24, 2.45) is 0 Å². The number of anilines is 1. The monoisotopic (exact) mass is 458 g/mol. The van der Waals surface area contributed by atoms with Crippen molar-refractivity contribution in [2.45, 2.75) is 40.5 Å². The molecule has 0 atom stereocenters. The summed E-state index contributed by atoms with van der Waals surface area (Å²) in [6.07, 6.45) is 5.02. The number of aromatic nitrogens is 5. The molecular formula is C26H30N6O2. The number of nitrogens with zero attached hydrogens (tertiary/aromatic N) is 5. The number of carboxylic acid groups (broad SMARTS) is 1. The zero-order chi connectivity index (χ0) is 24.7. The molecule has 34 heavy (non-hydrogen) atoms. The molecule has 0 bridgehead atoms. The van der Waals surface area contributed by atoms with Crippen LogP contribution in [-0.2, 0) is 0 Å². The van der Waals surface area contributed by atoms with Gasteiger partial charge in [-0.15, -0.1) is 10.2 Å². The summed E-state index contributed by atoms with van der Waals surface area (Å²) >= 11 is 0. The third-order valence-electron chi connectivity index (χ3n) is 5.10. The topological polar surface area (TPSA) is 106 Å². The van der Waals surface area contributed by atoms with Gasteiger partial charge in [0.05, 0.1) is 17.4 Å². The zero-order valence-electron chi connectivity index (χ0n) is 20.1. The second kappa shape index (κ2) is 11.2. The first-order chi connectivity index (χ1) is 16.3. The van der Waals surface area contributed by atoms with Gasteiger partial charge >= 0.3 is 5.97 Å². The first-order valence-electron chi connectivity index (χ1n) is 11.2. The maximum absolute atomic E-state index is 11.6. The quantitative estimate of drug-likeness (QED) is 0.405. The molecule has 0 aliphatic rings. The zero-order valence-corrected chi connectivity index (χ0v) is 20.1. The number of hydrogen-bond acceptors (Lipinski definition) is 6. The Morgan fingerprint density at radius 3 is 2.35 bits per heavy atom. The van der Waals surface area contributed by atoms with Gasteiger partial charge in [-0.1, -0.05) is 43.7 Å². The number of carboxylic acids is 1. The maximum Gasteiger partial charge on any atom is 0.335 e. The van der Waals surface area contributed by atoms with E-state index in [9.17, 15) is 9.90 Å². The van der Waals surface area contributed by atoms with Gasteiger partial charge in [0.2, 0.25) is 0 Å². The highest BCUT2D eigenvalue weighted by Gasteiger charge is 2.17. The first-order valence-corrected chi connectivity index (χ1v) is 11.2. The Morgan fingerprint density at radius 2 is 1.76 bits per heavy atom. The van der Waals surface area contributed by atoms with Gasteiger partial charge in [0.25, 0.3) is 0 Å². The van der Waals surface area contributed by atoms with Crippen LogP contribution in [0.15, 0.2) is 61.1 Å². The van der Waals surface area contributed by atoms with Crippen molar-refractivity contribution in [3.05, 3.63) is 83.8 Å². The van der Waals surface area contributed by atoms with Gasteiger partial charge < -0.3 is 10.4 Å². The summed E-state index contributed by atoms with van der Waals surface area (Å²) in [5, 5.41) is 21.0. The molecule has 8 heteroatoms. The van der Waals surface area contributed by atoms with E-state index in [0.29, 0.717) is 0 Å². The number of nitrogens with one attached hydrogen (secondary N) is 1. The van der Waals surface area contributed by atoms with Gasteiger partial charge in [-0.05, 0) is 50.1 Å².